The van der Waals surface area contributed by atoms with Gasteiger partial charge in [0, 0.05) is 5.69 Å². The van der Waals surface area contributed by atoms with E-state index in [-0.39, 0.29) is 0 Å². The monoisotopic (exact) mass is 445 g/mol. The number of hydrogen-bond acceptors (Lipinski definition) is 1. The first kappa shape index (κ1) is 20.1. The SMILES string of the molecule is c1ccc([P+](Cc2cc3n(n2)-c2ccccc2CC3)(c2ccccc2)c2ccccc2)cc1. The molecule has 0 saturated heterocycles. The Hall–Kier alpha value is -3.48. The number of hydrogen-bond donors (Lipinski definition) is 0. The Morgan fingerprint density at radius 3 is 1.70 bits per heavy atom. The number of aryl methyl sites for hydroxylation is 2. The second kappa shape index (κ2) is 8.46. The van der Waals surface area contributed by atoms with Crippen LogP contribution in [0.3, 0.4) is 0 Å². The number of nitrogens with zero attached hydrogens (tertiary/aromatic N) is 2. The number of para-hydroxylation sites is 1. The molecule has 0 bridgehead atoms. The van der Waals surface area contributed by atoms with Crippen molar-refractivity contribution in [2.45, 2.75) is 19.0 Å². The molecule has 0 amide bonds. The lowest BCUT2D eigenvalue weighted by Crippen LogP contribution is -2.32. The molecule has 0 spiro atoms. The summed E-state index contributed by atoms with van der Waals surface area (Å²) in [7, 11) is -1.94. The van der Waals surface area contributed by atoms with Crippen molar-refractivity contribution in [3.05, 3.63) is 138 Å². The zero-order valence-corrected chi connectivity index (χ0v) is 19.4. The van der Waals surface area contributed by atoms with E-state index in [1.807, 2.05) is 0 Å². The van der Waals surface area contributed by atoms with Crippen LogP contribution in [-0.4, -0.2) is 9.78 Å². The molecule has 33 heavy (non-hydrogen) atoms. The van der Waals surface area contributed by atoms with Gasteiger partial charge in [-0.3, -0.25) is 0 Å². The molecule has 2 nitrogen and oxygen atoms in total. The normalized spacial score (nSPS) is 12.7. The third-order valence-corrected chi connectivity index (χ3v) is 11.0. The van der Waals surface area contributed by atoms with Crippen molar-refractivity contribution in [1.29, 1.82) is 0 Å². The summed E-state index contributed by atoms with van der Waals surface area (Å²) in [6.07, 6.45) is 3.03. The van der Waals surface area contributed by atoms with Crippen molar-refractivity contribution in [3.8, 4) is 5.69 Å². The Kier molecular flexibility index (Phi) is 5.17. The van der Waals surface area contributed by atoms with Gasteiger partial charge in [-0.25, -0.2) is 4.68 Å². The maximum atomic E-state index is 5.20. The van der Waals surface area contributed by atoms with E-state index in [2.05, 4.69) is 126 Å². The summed E-state index contributed by atoms with van der Waals surface area (Å²) >= 11 is 0. The molecule has 4 aromatic carbocycles. The lowest BCUT2D eigenvalue weighted by molar-refractivity contribution is 0.732. The molecular weight excluding hydrogens is 419 g/mol. The van der Waals surface area contributed by atoms with Crippen molar-refractivity contribution in [2.75, 3.05) is 0 Å². The quantitative estimate of drug-likeness (QED) is 0.328. The van der Waals surface area contributed by atoms with E-state index in [0.717, 1.165) is 19.0 Å². The van der Waals surface area contributed by atoms with E-state index >= 15 is 0 Å². The molecule has 5 aromatic rings. The summed E-state index contributed by atoms with van der Waals surface area (Å²) in [5, 5.41) is 9.39. The van der Waals surface area contributed by atoms with E-state index in [0.29, 0.717) is 0 Å². The molecule has 6 rings (SSSR count). The second-order valence-corrected chi connectivity index (χ2v) is 12.1. The predicted molar refractivity (Wildman–Crippen MR) is 140 cm³/mol. The minimum atomic E-state index is -1.94. The lowest BCUT2D eigenvalue weighted by Gasteiger charge is -2.27. The first-order valence-electron chi connectivity index (χ1n) is 11.6. The van der Waals surface area contributed by atoms with Crippen LogP contribution >= 0.6 is 7.26 Å². The van der Waals surface area contributed by atoms with Gasteiger partial charge in [0.25, 0.3) is 0 Å². The molecule has 0 aliphatic carbocycles. The Morgan fingerprint density at radius 2 is 1.12 bits per heavy atom. The summed E-state index contributed by atoms with van der Waals surface area (Å²) < 4.78 is 2.18. The summed E-state index contributed by atoms with van der Waals surface area (Å²) in [5.41, 5.74) is 5.10. The maximum Gasteiger partial charge on any atom is 0.118 e. The second-order valence-electron chi connectivity index (χ2n) is 8.64. The first-order valence-corrected chi connectivity index (χ1v) is 13.5. The van der Waals surface area contributed by atoms with Crippen LogP contribution < -0.4 is 15.9 Å². The van der Waals surface area contributed by atoms with Crippen molar-refractivity contribution in [2.24, 2.45) is 0 Å². The van der Waals surface area contributed by atoms with E-state index in [9.17, 15) is 0 Å². The minimum absolute atomic E-state index is 0.910. The van der Waals surface area contributed by atoms with Gasteiger partial charge in [0.2, 0.25) is 0 Å². The molecule has 0 atom stereocenters. The third-order valence-electron chi connectivity index (χ3n) is 6.69. The van der Waals surface area contributed by atoms with Gasteiger partial charge in [-0.2, -0.15) is 5.10 Å². The Labute approximate surface area is 195 Å². The van der Waals surface area contributed by atoms with E-state index in [1.165, 1.54) is 38.6 Å². The molecule has 0 fully saturated rings. The third kappa shape index (κ3) is 3.52. The Bertz CT molecular complexity index is 1280. The van der Waals surface area contributed by atoms with Crippen molar-refractivity contribution in [3.63, 3.8) is 0 Å². The highest BCUT2D eigenvalue weighted by atomic mass is 31.2. The molecule has 0 saturated carbocycles. The summed E-state index contributed by atoms with van der Waals surface area (Å²) in [6, 6.07) is 44.2. The summed E-state index contributed by atoms with van der Waals surface area (Å²) in [5.74, 6) is 0. The van der Waals surface area contributed by atoms with Gasteiger partial charge in [-0.15, -0.1) is 0 Å². The fourth-order valence-corrected chi connectivity index (χ4v) is 9.27. The highest BCUT2D eigenvalue weighted by Gasteiger charge is 2.46. The minimum Gasteiger partial charge on any atom is -0.237 e. The van der Waals surface area contributed by atoms with Gasteiger partial charge in [0.05, 0.1) is 5.69 Å². The summed E-state index contributed by atoms with van der Waals surface area (Å²) in [4.78, 5) is 0. The fourth-order valence-electron chi connectivity index (χ4n) is 5.14. The highest BCUT2D eigenvalue weighted by molar-refractivity contribution is 7.95. The first-order chi connectivity index (χ1) is 16.3. The molecule has 1 aromatic heterocycles. The molecule has 1 aliphatic heterocycles. The standard InChI is InChI=1S/C30H26N2P/c1-4-13-27(14-5-1)33(28-15-6-2-7-16-28,29-17-8-3-9-18-29)23-25-22-26-21-20-24-12-10-11-19-30(24)32(26)31-25/h1-19,22H,20-21,23H2/q+1. The molecule has 0 N–H and O–H groups in total. The van der Waals surface area contributed by atoms with Crippen molar-refractivity contribution in [1.82, 2.24) is 9.78 Å². The molecule has 3 heteroatoms. The van der Waals surface area contributed by atoms with E-state index in [1.54, 1.807) is 0 Å². The van der Waals surface area contributed by atoms with Crippen molar-refractivity contribution < 1.29 is 0 Å². The van der Waals surface area contributed by atoms with E-state index in [4.69, 9.17) is 5.10 Å². The smallest absolute Gasteiger partial charge is 0.118 e. The fraction of sp³-hybridized carbons (Fsp3) is 0.100. The van der Waals surface area contributed by atoms with Gasteiger partial charge in [-0.05, 0) is 66.9 Å². The highest BCUT2D eigenvalue weighted by Crippen LogP contribution is 2.58. The van der Waals surface area contributed by atoms with Crippen LogP contribution in [0.1, 0.15) is 17.0 Å². The van der Waals surface area contributed by atoms with Gasteiger partial charge >= 0.3 is 0 Å². The maximum absolute atomic E-state index is 5.20. The number of aromatic nitrogens is 2. The van der Waals surface area contributed by atoms with Gasteiger partial charge in [0.1, 0.15) is 35.0 Å². The molecular formula is C30H26N2P+. The van der Waals surface area contributed by atoms with Crippen LogP contribution in [0.15, 0.2) is 121 Å². The lowest BCUT2D eigenvalue weighted by atomic mass is 10.0. The number of fused-ring (bicyclic) bond motifs is 3. The Balaban J connectivity index is 1.55. The summed E-state index contributed by atoms with van der Waals surface area (Å²) in [6.45, 7) is 0. The number of benzene rings is 4. The van der Waals surface area contributed by atoms with Crippen LogP contribution in [0, 0.1) is 0 Å². The van der Waals surface area contributed by atoms with E-state index < -0.39 is 7.26 Å². The molecule has 0 radical (unpaired) electrons. The van der Waals surface area contributed by atoms with Crippen LogP contribution in [0.25, 0.3) is 5.69 Å². The van der Waals surface area contributed by atoms with Crippen LogP contribution in [-0.2, 0) is 19.0 Å². The predicted octanol–water partition coefficient (Wildman–Crippen LogP) is 5.47. The Morgan fingerprint density at radius 1 is 0.606 bits per heavy atom. The molecule has 2 heterocycles. The average molecular weight is 446 g/mol. The zero-order valence-electron chi connectivity index (χ0n) is 18.5. The molecule has 1 aliphatic rings. The van der Waals surface area contributed by atoms with Gasteiger partial charge < -0.3 is 0 Å². The zero-order chi connectivity index (χ0) is 22.1. The van der Waals surface area contributed by atoms with Crippen molar-refractivity contribution >= 4 is 23.2 Å². The number of rotatable bonds is 5. The average Bonchev–Trinajstić information content (AvgIpc) is 3.32. The van der Waals surface area contributed by atoms with Crippen LogP contribution in [0.5, 0.6) is 0 Å². The van der Waals surface area contributed by atoms with Gasteiger partial charge in [-0.1, -0.05) is 72.8 Å². The van der Waals surface area contributed by atoms with Crippen LogP contribution in [0.4, 0.5) is 0 Å². The largest absolute Gasteiger partial charge is 0.237 e. The topological polar surface area (TPSA) is 17.8 Å². The molecule has 0 unspecified atom stereocenters. The van der Waals surface area contributed by atoms with Gasteiger partial charge in [0.15, 0.2) is 0 Å². The molecule has 160 valence electrons. The van der Waals surface area contributed by atoms with Crippen LogP contribution in [0.2, 0.25) is 0 Å².